The molecule has 0 aliphatic rings. The minimum Gasteiger partial charge on any atom is -0.394 e. The Balaban J connectivity index is 3.30. The van der Waals surface area contributed by atoms with Crippen LogP contribution in [0.25, 0.3) is 0 Å². The number of hydrogen-bond donors (Lipinski definition) is 13. The Kier molecular flexibility index (Phi) is 24.2. The summed E-state index contributed by atoms with van der Waals surface area (Å²) in [7, 11) is 3.87. The lowest BCUT2D eigenvalue weighted by molar-refractivity contribution is -0.126. The lowest BCUT2D eigenvalue weighted by Gasteiger charge is -2.33. The molecule has 21 nitrogen and oxygen atoms in total. The third kappa shape index (κ3) is 13.2. The van der Waals surface area contributed by atoms with Gasteiger partial charge in [0.2, 0.25) is 5.91 Å². The van der Waals surface area contributed by atoms with Gasteiger partial charge in [0, 0.05) is 20.8 Å². The maximum atomic E-state index is 15.6. The number of carbonyl (C=O) groups is 6. The fourth-order valence-electron chi connectivity index (χ4n) is 5.41. The number of nitrogens with zero attached hydrogens (tertiary/aromatic N) is 1. The number of imide groups is 1. The number of aliphatic hydroxyl groups excluding tert-OH is 8. The van der Waals surface area contributed by atoms with Crippen LogP contribution >= 0.6 is 136 Å². The molecular formula is C34H43I6N6O15+. The molecule has 0 spiro atoms. The summed E-state index contributed by atoms with van der Waals surface area (Å²) in [5.41, 5.74) is -1.43. The molecule has 27 heteroatoms. The summed E-state index contributed by atoms with van der Waals surface area (Å²) in [6.07, 6.45) is -4.66. The van der Waals surface area contributed by atoms with Crippen molar-refractivity contribution in [1.82, 2.24) is 25.8 Å². The minimum atomic E-state index is -1.65. The van der Waals surface area contributed by atoms with Gasteiger partial charge in [0.15, 0.2) is 5.69 Å². The van der Waals surface area contributed by atoms with Crippen molar-refractivity contribution >= 4 is 182 Å². The van der Waals surface area contributed by atoms with E-state index in [0.29, 0.717) is 0 Å². The summed E-state index contributed by atoms with van der Waals surface area (Å²) < 4.78 is 3.47. The molecule has 0 aromatic heterocycles. The largest absolute Gasteiger partial charge is 0.394 e. The standard InChI is InChI=1S/C34H42I6N6O15/c1-41-5-18(56)46(2,34(60)22-24(36)19(31(57)42-4-12(52)6-47)25(37)29(26(22)38)45-17(55)11-61-3)30-27(39)20(32(58)43-13(7-48)15(53)9-50)23(35)21(28(30)40)33(59)44-14(8-49)16(54)10-51/h12-16,41,47-54H,4-11H2,1-3H3,(H3-,42,43,44,45,55,57,58,59)/p+1. The molecule has 6 unspecified atom stereocenters. The van der Waals surface area contributed by atoms with E-state index in [-0.39, 0.29) is 55.0 Å². The Hall–Kier alpha value is -0.400. The number of quaternary nitrogens is 1. The van der Waals surface area contributed by atoms with Crippen molar-refractivity contribution in [3.63, 3.8) is 0 Å². The lowest BCUT2D eigenvalue weighted by Crippen LogP contribution is -2.59. The van der Waals surface area contributed by atoms with Crippen LogP contribution < -0.4 is 31.1 Å². The molecule has 61 heavy (non-hydrogen) atoms. The van der Waals surface area contributed by atoms with Crippen molar-refractivity contribution < 1.29 is 74.4 Å². The normalized spacial score (nSPS) is 14.8. The predicted octanol–water partition coefficient (Wildman–Crippen LogP) is -1.61. The van der Waals surface area contributed by atoms with E-state index in [0.717, 1.165) is 0 Å². The van der Waals surface area contributed by atoms with Crippen molar-refractivity contribution in [2.24, 2.45) is 0 Å². The van der Waals surface area contributed by atoms with Gasteiger partial charge in [-0.15, -0.1) is 0 Å². The first-order valence-corrected chi connectivity index (χ1v) is 23.9. The van der Waals surface area contributed by atoms with Crippen molar-refractivity contribution in [2.45, 2.75) is 30.4 Å². The molecule has 6 amide bonds. The third-order valence-corrected chi connectivity index (χ3v) is 15.2. The molecule has 2 aromatic carbocycles. The van der Waals surface area contributed by atoms with Crippen LogP contribution in [0.15, 0.2) is 0 Å². The molecule has 340 valence electrons. The number of amides is 6. The summed E-state index contributed by atoms with van der Waals surface area (Å²) in [6.45, 7) is -5.48. The van der Waals surface area contributed by atoms with E-state index in [9.17, 15) is 64.8 Å². The molecular weight excluding hydrogens is 1490 g/mol. The number of hydrogen-bond acceptors (Lipinski definition) is 16. The lowest BCUT2D eigenvalue weighted by atomic mass is 10.0. The van der Waals surface area contributed by atoms with Gasteiger partial charge in [-0.2, -0.15) is 4.48 Å². The number of aliphatic hydroxyl groups is 8. The summed E-state index contributed by atoms with van der Waals surface area (Å²) in [4.78, 5) is 85.5. The van der Waals surface area contributed by atoms with Gasteiger partial charge in [-0.1, -0.05) is 0 Å². The number of benzene rings is 2. The van der Waals surface area contributed by atoms with E-state index in [1.807, 2.05) is 0 Å². The number of anilines is 1. The topological polar surface area (TPSA) is 334 Å². The Bertz CT molecular complexity index is 1940. The Labute approximate surface area is 430 Å². The van der Waals surface area contributed by atoms with Crippen LogP contribution in [0.4, 0.5) is 11.4 Å². The smallest absolute Gasteiger partial charge is 0.360 e. The summed E-state index contributed by atoms with van der Waals surface area (Å²) in [6, 6.07) is -2.89. The number of methoxy groups -OCH3 is 1. The number of nitrogens with one attached hydrogen (secondary N) is 5. The third-order valence-electron chi connectivity index (χ3n) is 8.76. The zero-order chi connectivity index (χ0) is 46.7. The summed E-state index contributed by atoms with van der Waals surface area (Å²) >= 11 is 10.3. The molecule has 0 aliphatic heterocycles. The molecule has 0 heterocycles. The van der Waals surface area contributed by atoms with Gasteiger partial charge < -0.3 is 72.2 Å². The predicted molar refractivity (Wildman–Crippen MR) is 269 cm³/mol. The van der Waals surface area contributed by atoms with Gasteiger partial charge in [0.1, 0.15) is 18.7 Å². The highest BCUT2D eigenvalue weighted by Crippen LogP contribution is 2.44. The quantitative estimate of drug-likeness (QED) is 0.0494. The highest BCUT2D eigenvalue weighted by Gasteiger charge is 2.50. The number of rotatable bonds is 21. The minimum absolute atomic E-state index is 0.0299. The Morgan fingerprint density at radius 1 is 0.639 bits per heavy atom. The highest BCUT2D eigenvalue weighted by molar-refractivity contribution is 14.1. The molecule has 2 rings (SSSR count). The van der Waals surface area contributed by atoms with E-state index < -0.39 is 123 Å². The van der Waals surface area contributed by atoms with Gasteiger partial charge in [0.05, 0.1) is 107 Å². The molecule has 0 saturated heterocycles. The van der Waals surface area contributed by atoms with Gasteiger partial charge >= 0.3 is 11.8 Å². The van der Waals surface area contributed by atoms with Crippen molar-refractivity contribution in [3.05, 3.63) is 43.7 Å². The first-order valence-electron chi connectivity index (χ1n) is 17.4. The van der Waals surface area contributed by atoms with Crippen molar-refractivity contribution in [1.29, 1.82) is 0 Å². The summed E-state index contributed by atoms with van der Waals surface area (Å²) in [5, 5.41) is 91.7. The zero-order valence-electron chi connectivity index (χ0n) is 32.2. The van der Waals surface area contributed by atoms with Crippen LogP contribution in [0.2, 0.25) is 0 Å². The molecule has 0 saturated carbocycles. The highest BCUT2D eigenvalue weighted by atomic mass is 127. The molecule has 0 fully saturated rings. The van der Waals surface area contributed by atoms with Crippen molar-refractivity contribution in [3.8, 4) is 0 Å². The molecule has 13 N–H and O–H groups in total. The van der Waals surface area contributed by atoms with Crippen molar-refractivity contribution in [2.75, 3.05) is 79.3 Å². The second-order valence-corrected chi connectivity index (χ2v) is 19.4. The average molecular weight is 1540 g/mol. The maximum absolute atomic E-state index is 15.6. The van der Waals surface area contributed by atoms with Crippen LogP contribution in [-0.4, -0.2) is 181 Å². The van der Waals surface area contributed by atoms with Crippen LogP contribution in [0, 0.1) is 21.4 Å². The summed E-state index contributed by atoms with van der Waals surface area (Å²) in [5.74, 6) is -5.51. The van der Waals surface area contributed by atoms with E-state index in [4.69, 9.17) is 4.74 Å². The van der Waals surface area contributed by atoms with Crippen LogP contribution in [0.3, 0.4) is 0 Å². The Morgan fingerprint density at radius 3 is 1.49 bits per heavy atom. The van der Waals surface area contributed by atoms with Crippen LogP contribution in [-0.2, 0) is 14.3 Å². The monoisotopic (exact) mass is 1540 g/mol. The van der Waals surface area contributed by atoms with Gasteiger partial charge in [-0.3, -0.25) is 19.2 Å². The molecule has 0 aliphatic carbocycles. The Morgan fingerprint density at radius 2 is 1.08 bits per heavy atom. The second-order valence-electron chi connectivity index (χ2n) is 12.9. The number of ether oxygens (including phenoxy) is 1. The SMILES string of the molecule is CNCC(=O)[N+](C)(C(=O)c1c(I)c(NC(=O)COC)c(I)c(C(=O)NCC(O)CO)c1I)c1c(I)c(C(=O)NC(CO)C(O)CO)c(I)c(C(=O)NC(CO)C(O)CO)c1I. The fourth-order valence-corrected chi connectivity index (χ4v) is 14.9. The number of carbonyl (C=O) groups excluding carboxylic acids is 6. The molecule has 0 radical (unpaired) electrons. The maximum Gasteiger partial charge on any atom is 0.360 e. The molecule has 2 aromatic rings. The van der Waals surface area contributed by atoms with E-state index in [1.54, 1.807) is 136 Å². The fraction of sp³-hybridized carbons (Fsp3) is 0.471. The second kappa shape index (κ2) is 26.1. The van der Waals surface area contributed by atoms with Crippen LogP contribution in [0.1, 0.15) is 41.4 Å². The first-order chi connectivity index (χ1) is 28.6. The van der Waals surface area contributed by atoms with Gasteiger partial charge in [0.25, 0.3) is 17.7 Å². The van der Waals surface area contributed by atoms with E-state index >= 15 is 4.79 Å². The van der Waals surface area contributed by atoms with Gasteiger partial charge in [-0.25, -0.2) is 9.59 Å². The van der Waals surface area contributed by atoms with Crippen LogP contribution in [0.5, 0.6) is 0 Å². The first kappa shape index (κ1) is 56.7. The van der Waals surface area contributed by atoms with E-state index in [2.05, 4.69) is 26.6 Å². The van der Waals surface area contributed by atoms with Gasteiger partial charge in [-0.05, 0) is 143 Å². The molecule has 6 atom stereocenters. The average Bonchev–Trinajstić information content (AvgIpc) is 3.21. The molecule has 0 bridgehead atoms. The zero-order valence-corrected chi connectivity index (χ0v) is 45.1. The van der Waals surface area contributed by atoms with E-state index in [1.165, 1.54) is 21.2 Å². The number of halogens is 6. The number of likely N-dealkylation sites (N-methyl/N-ethyl adjacent to an activating group) is 2.